The zero-order valence-corrected chi connectivity index (χ0v) is 17.8. The molecule has 0 unspecified atom stereocenters. The van der Waals surface area contributed by atoms with Crippen LogP contribution >= 0.6 is 0 Å². The monoisotopic (exact) mass is 382 g/mol. The Labute approximate surface area is 164 Å². The van der Waals surface area contributed by atoms with Gasteiger partial charge in [0.25, 0.3) is 8.32 Å². The van der Waals surface area contributed by atoms with E-state index >= 15 is 0 Å². The van der Waals surface area contributed by atoms with E-state index in [9.17, 15) is 0 Å². The summed E-state index contributed by atoms with van der Waals surface area (Å²) >= 11 is 0. The van der Waals surface area contributed by atoms with E-state index in [4.69, 9.17) is 20.3 Å². The van der Waals surface area contributed by atoms with Gasteiger partial charge in [-0.3, -0.25) is 0 Å². The highest BCUT2D eigenvalue weighted by atomic mass is 28.4. The van der Waals surface area contributed by atoms with Crippen LogP contribution in [-0.2, 0) is 13.9 Å². The van der Waals surface area contributed by atoms with Gasteiger partial charge in [-0.25, -0.2) is 0 Å². The molecule has 1 atom stereocenters. The van der Waals surface area contributed by atoms with Crippen molar-refractivity contribution in [3.8, 4) is 12.3 Å². The van der Waals surface area contributed by atoms with Gasteiger partial charge >= 0.3 is 0 Å². The summed E-state index contributed by atoms with van der Waals surface area (Å²) in [7, 11) is -0.926. The highest BCUT2D eigenvalue weighted by molar-refractivity contribution is 6.99. The fraction of sp³-hybridized carbons (Fsp3) is 0.391. The first kappa shape index (κ1) is 21.4. The van der Waals surface area contributed by atoms with Crippen LogP contribution in [0.2, 0.25) is 5.04 Å². The van der Waals surface area contributed by atoms with Gasteiger partial charge in [-0.1, -0.05) is 87.4 Å². The molecular formula is C23H30O3Si. The Hall–Kier alpha value is -1.90. The van der Waals surface area contributed by atoms with Crippen LogP contribution in [-0.4, -0.2) is 34.9 Å². The molecule has 0 fully saturated rings. The third kappa shape index (κ3) is 5.09. The van der Waals surface area contributed by atoms with Crippen LogP contribution in [0.1, 0.15) is 27.2 Å². The second-order valence-corrected chi connectivity index (χ2v) is 11.8. The quantitative estimate of drug-likeness (QED) is 0.377. The highest BCUT2D eigenvalue weighted by Gasteiger charge is 2.50. The standard InChI is InChI=1S/C23H30O3Si/c1-6-20(25-19-24-5)17-18-26-27(23(2,3)4,21-13-9-7-10-14-21)22-15-11-8-12-16-22/h1,7-16,20H,17-19H2,2-5H3/t20-/m1/s1. The average Bonchev–Trinajstić information content (AvgIpc) is 2.68. The normalized spacial score (nSPS) is 13.1. The maximum absolute atomic E-state index is 6.80. The third-order valence-electron chi connectivity index (χ3n) is 4.69. The Kier molecular flexibility index (Phi) is 7.82. The highest BCUT2D eigenvalue weighted by Crippen LogP contribution is 2.36. The molecular weight excluding hydrogens is 352 g/mol. The van der Waals surface area contributed by atoms with Crippen LogP contribution in [0.3, 0.4) is 0 Å². The summed E-state index contributed by atoms with van der Waals surface area (Å²) in [4.78, 5) is 0. The lowest BCUT2D eigenvalue weighted by atomic mass is 10.2. The maximum atomic E-state index is 6.80. The number of benzene rings is 2. The van der Waals surface area contributed by atoms with Crippen LogP contribution < -0.4 is 10.4 Å². The maximum Gasteiger partial charge on any atom is 0.261 e. The van der Waals surface area contributed by atoms with Crippen molar-refractivity contribution in [3.05, 3.63) is 60.7 Å². The number of rotatable bonds is 9. The number of methoxy groups -OCH3 is 1. The number of ether oxygens (including phenoxy) is 2. The third-order valence-corrected chi connectivity index (χ3v) is 9.73. The Morgan fingerprint density at radius 3 is 1.89 bits per heavy atom. The largest absolute Gasteiger partial charge is 0.407 e. The molecule has 2 aromatic carbocycles. The number of terminal acetylenes is 1. The Balaban J connectivity index is 2.37. The van der Waals surface area contributed by atoms with Gasteiger partial charge in [0.15, 0.2) is 0 Å². The molecule has 0 bridgehead atoms. The van der Waals surface area contributed by atoms with Gasteiger partial charge in [-0.2, -0.15) is 0 Å². The van der Waals surface area contributed by atoms with Crippen molar-refractivity contribution in [3.63, 3.8) is 0 Å². The average molecular weight is 383 g/mol. The smallest absolute Gasteiger partial charge is 0.261 e. The van der Waals surface area contributed by atoms with Crippen molar-refractivity contribution in [2.45, 2.75) is 38.3 Å². The summed E-state index contributed by atoms with van der Waals surface area (Å²) in [6.07, 6.45) is 5.91. The molecule has 3 nitrogen and oxygen atoms in total. The van der Waals surface area contributed by atoms with Gasteiger partial charge in [0.1, 0.15) is 12.9 Å². The van der Waals surface area contributed by atoms with Gasteiger partial charge < -0.3 is 13.9 Å². The summed E-state index contributed by atoms with van der Waals surface area (Å²) in [6, 6.07) is 21.2. The molecule has 0 radical (unpaired) electrons. The lowest BCUT2D eigenvalue weighted by molar-refractivity contribution is -0.0569. The first-order valence-electron chi connectivity index (χ1n) is 9.27. The second kappa shape index (κ2) is 9.87. The molecule has 0 spiro atoms. The summed E-state index contributed by atoms with van der Waals surface area (Å²) in [6.45, 7) is 7.51. The molecule has 0 aliphatic heterocycles. The van der Waals surface area contributed by atoms with E-state index in [0.29, 0.717) is 13.0 Å². The van der Waals surface area contributed by atoms with E-state index in [0.717, 1.165) is 0 Å². The predicted octanol–water partition coefficient (Wildman–Crippen LogP) is 3.58. The van der Waals surface area contributed by atoms with E-state index in [-0.39, 0.29) is 17.9 Å². The molecule has 0 amide bonds. The summed E-state index contributed by atoms with van der Waals surface area (Å²) in [5, 5.41) is 2.48. The van der Waals surface area contributed by atoms with Crippen LogP contribution in [0.25, 0.3) is 0 Å². The molecule has 2 rings (SSSR count). The summed E-state index contributed by atoms with van der Waals surface area (Å²) < 4.78 is 17.3. The molecule has 0 saturated carbocycles. The van der Waals surface area contributed by atoms with Crippen molar-refractivity contribution in [1.82, 2.24) is 0 Å². The minimum absolute atomic E-state index is 0.0469. The van der Waals surface area contributed by atoms with Crippen molar-refractivity contribution in [1.29, 1.82) is 0 Å². The predicted molar refractivity (Wildman–Crippen MR) is 114 cm³/mol. The Bertz CT molecular complexity index is 677. The van der Waals surface area contributed by atoms with Gasteiger partial charge in [0, 0.05) is 20.1 Å². The van der Waals surface area contributed by atoms with Crippen molar-refractivity contribution < 1.29 is 13.9 Å². The zero-order valence-electron chi connectivity index (χ0n) is 16.8. The second-order valence-electron chi connectivity index (χ2n) is 7.53. The van der Waals surface area contributed by atoms with Gasteiger partial charge in [0.05, 0.1) is 0 Å². The molecule has 0 N–H and O–H groups in total. The Morgan fingerprint density at radius 1 is 0.963 bits per heavy atom. The topological polar surface area (TPSA) is 27.7 Å². The molecule has 2 aromatic rings. The molecule has 27 heavy (non-hydrogen) atoms. The van der Waals surface area contributed by atoms with Crippen molar-refractivity contribution in [2.75, 3.05) is 20.5 Å². The minimum Gasteiger partial charge on any atom is -0.407 e. The first-order chi connectivity index (χ1) is 13.0. The Morgan fingerprint density at radius 2 is 1.48 bits per heavy atom. The van der Waals surface area contributed by atoms with E-state index in [1.165, 1.54) is 10.4 Å². The van der Waals surface area contributed by atoms with Crippen molar-refractivity contribution >= 4 is 18.7 Å². The lowest BCUT2D eigenvalue weighted by Gasteiger charge is -2.43. The van der Waals surface area contributed by atoms with Crippen LogP contribution in [0, 0.1) is 12.3 Å². The van der Waals surface area contributed by atoms with Gasteiger partial charge in [-0.15, -0.1) is 6.42 Å². The summed E-state index contributed by atoms with van der Waals surface area (Å²) in [5.74, 6) is 2.67. The zero-order chi connectivity index (χ0) is 19.8. The van der Waals surface area contributed by atoms with Gasteiger partial charge in [-0.05, 0) is 15.4 Å². The molecule has 4 heteroatoms. The lowest BCUT2D eigenvalue weighted by Crippen LogP contribution is -2.66. The van der Waals surface area contributed by atoms with E-state index in [2.05, 4.69) is 75.2 Å². The van der Waals surface area contributed by atoms with Crippen LogP contribution in [0.15, 0.2) is 60.7 Å². The molecule has 144 valence electrons. The first-order valence-corrected chi connectivity index (χ1v) is 11.2. The van der Waals surface area contributed by atoms with Crippen LogP contribution in [0.4, 0.5) is 0 Å². The molecule has 0 saturated heterocycles. The SMILES string of the molecule is C#C[C@H](CCO[Si](c1ccccc1)(c1ccccc1)C(C)(C)C)OCOC. The number of hydrogen-bond acceptors (Lipinski definition) is 3. The summed E-state index contributed by atoms with van der Waals surface area (Å²) in [5.41, 5.74) is 0. The fourth-order valence-electron chi connectivity index (χ4n) is 3.45. The van der Waals surface area contributed by atoms with Gasteiger partial charge in [0.2, 0.25) is 0 Å². The van der Waals surface area contributed by atoms with E-state index in [1.54, 1.807) is 7.11 Å². The fourth-order valence-corrected chi connectivity index (χ4v) is 8.03. The number of hydrogen-bond donors (Lipinski definition) is 0. The molecule has 0 aliphatic carbocycles. The van der Waals surface area contributed by atoms with Crippen molar-refractivity contribution in [2.24, 2.45) is 0 Å². The van der Waals surface area contributed by atoms with Crippen LogP contribution in [0.5, 0.6) is 0 Å². The molecule has 0 aliphatic rings. The van der Waals surface area contributed by atoms with E-state index < -0.39 is 8.32 Å². The van der Waals surface area contributed by atoms with E-state index in [1.807, 2.05) is 12.1 Å². The molecule has 0 heterocycles. The minimum atomic E-state index is -2.52. The molecule has 0 aromatic heterocycles.